The predicted molar refractivity (Wildman–Crippen MR) is 53.9 cm³/mol. The molecule has 0 bridgehead atoms. The Bertz CT molecular complexity index is 372. The van der Waals surface area contributed by atoms with Crippen LogP contribution in [-0.2, 0) is 10.2 Å². The molecule has 1 atom stereocenters. The summed E-state index contributed by atoms with van der Waals surface area (Å²) < 4.78 is 5.32. The zero-order valence-corrected chi connectivity index (χ0v) is 8.29. The maximum atomic E-state index is 9.23. The Morgan fingerprint density at radius 2 is 2.36 bits per heavy atom. The summed E-state index contributed by atoms with van der Waals surface area (Å²) >= 11 is 0. The van der Waals surface area contributed by atoms with Gasteiger partial charge in [0.1, 0.15) is 5.41 Å². The predicted octanol–water partition coefficient (Wildman–Crippen LogP) is 2.18. The molecule has 0 aliphatic carbocycles. The van der Waals surface area contributed by atoms with Gasteiger partial charge in [0, 0.05) is 6.61 Å². The second-order valence-corrected chi connectivity index (χ2v) is 3.87. The molecule has 2 heteroatoms. The van der Waals surface area contributed by atoms with Gasteiger partial charge >= 0.3 is 0 Å². The van der Waals surface area contributed by atoms with Crippen molar-refractivity contribution < 1.29 is 4.74 Å². The molecule has 1 aromatic carbocycles. The van der Waals surface area contributed by atoms with Crippen molar-refractivity contribution in [3.8, 4) is 6.07 Å². The lowest BCUT2D eigenvalue weighted by Crippen LogP contribution is -2.24. The summed E-state index contributed by atoms with van der Waals surface area (Å²) in [6, 6.07) is 10.5. The van der Waals surface area contributed by atoms with Crippen molar-refractivity contribution in [1.82, 2.24) is 0 Å². The topological polar surface area (TPSA) is 33.0 Å². The van der Waals surface area contributed by atoms with Crippen molar-refractivity contribution in [2.24, 2.45) is 0 Å². The number of ether oxygens (including phenoxy) is 1. The van der Waals surface area contributed by atoms with Crippen molar-refractivity contribution in [1.29, 1.82) is 5.26 Å². The molecule has 0 aromatic heterocycles. The molecule has 2 rings (SSSR count). The molecule has 0 amide bonds. The monoisotopic (exact) mass is 187 g/mol. The summed E-state index contributed by atoms with van der Waals surface area (Å²) in [5.74, 6) is 0. The summed E-state index contributed by atoms with van der Waals surface area (Å²) in [4.78, 5) is 0. The van der Waals surface area contributed by atoms with Crippen LogP contribution in [0.4, 0.5) is 0 Å². The van der Waals surface area contributed by atoms with Crippen LogP contribution in [0.3, 0.4) is 0 Å². The van der Waals surface area contributed by atoms with E-state index in [1.54, 1.807) is 0 Å². The van der Waals surface area contributed by atoms with Crippen LogP contribution in [0.25, 0.3) is 0 Å². The smallest absolute Gasteiger partial charge is 0.108 e. The number of benzene rings is 1. The molecule has 1 aliphatic heterocycles. The minimum atomic E-state index is -0.397. The van der Waals surface area contributed by atoms with Gasteiger partial charge < -0.3 is 4.74 Å². The molecule has 0 N–H and O–H groups in total. The van der Waals surface area contributed by atoms with Gasteiger partial charge in [-0.15, -0.1) is 0 Å². The maximum Gasteiger partial charge on any atom is 0.108 e. The third-order valence-electron chi connectivity index (χ3n) is 2.81. The Kier molecular flexibility index (Phi) is 2.26. The van der Waals surface area contributed by atoms with Gasteiger partial charge in [0.15, 0.2) is 0 Å². The Balaban J connectivity index is 2.42. The first-order valence-corrected chi connectivity index (χ1v) is 4.83. The first-order chi connectivity index (χ1) is 6.77. The van der Waals surface area contributed by atoms with E-state index in [1.165, 1.54) is 5.56 Å². The van der Waals surface area contributed by atoms with Crippen LogP contribution in [0.1, 0.15) is 17.5 Å². The Hall–Kier alpha value is -1.33. The van der Waals surface area contributed by atoms with E-state index in [4.69, 9.17) is 4.74 Å². The molecule has 1 saturated heterocycles. The molecule has 1 aliphatic rings. The molecule has 0 unspecified atom stereocenters. The van der Waals surface area contributed by atoms with Crippen molar-refractivity contribution >= 4 is 0 Å². The van der Waals surface area contributed by atoms with E-state index in [0.717, 1.165) is 12.0 Å². The lowest BCUT2D eigenvalue weighted by Gasteiger charge is -2.19. The van der Waals surface area contributed by atoms with E-state index in [0.29, 0.717) is 13.2 Å². The molecule has 0 radical (unpaired) electrons. The Morgan fingerprint density at radius 1 is 1.50 bits per heavy atom. The number of nitrogens with zero attached hydrogens (tertiary/aromatic N) is 1. The second-order valence-electron chi connectivity index (χ2n) is 3.87. The molecular weight excluding hydrogens is 174 g/mol. The first-order valence-electron chi connectivity index (χ1n) is 4.83. The van der Waals surface area contributed by atoms with E-state index in [2.05, 4.69) is 12.1 Å². The molecule has 72 valence electrons. The van der Waals surface area contributed by atoms with E-state index in [9.17, 15) is 5.26 Å². The normalized spacial score (nSPS) is 26.0. The number of aryl methyl sites for hydroxylation is 1. The highest BCUT2D eigenvalue weighted by Gasteiger charge is 2.36. The van der Waals surface area contributed by atoms with Gasteiger partial charge in [-0.1, -0.05) is 29.8 Å². The number of nitriles is 1. The van der Waals surface area contributed by atoms with Crippen LogP contribution >= 0.6 is 0 Å². The third kappa shape index (κ3) is 1.40. The fraction of sp³-hybridized carbons (Fsp3) is 0.417. The van der Waals surface area contributed by atoms with Gasteiger partial charge in [-0.2, -0.15) is 5.26 Å². The highest BCUT2D eigenvalue weighted by Crippen LogP contribution is 2.32. The van der Waals surface area contributed by atoms with Gasteiger partial charge in [0.2, 0.25) is 0 Å². The number of hydrogen-bond acceptors (Lipinski definition) is 2. The molecule has 1 aromatic rings. The third-order valence-corrected chi connectivity index (χ3v) is 2.81. The van der Waals surface area contributed by atoms with Crippen LogP contribution in [-0.4, -0.2) is 13.2 Å². The molecule has 0 saturated carbocycles. The van der Waals surface area contributed by atoms with E-state index < -0.39 is 5.41 Å². The fourth-order valence-corrected chi connectivity index (χ4v) is 1.89. The van der Waals surface area contributed by atoms with Gasteiger partial charge in [0.05, 0.1) is 12.7 Å². The van der Waals surface area contributed by atoms with Crippen molar-refractivity contribution in [3.63, 3.8) is 0 Å². The minimum Gasteiger partial charge on any atom is -0.379 e. The van der Waals surface area contributed by atoms with E-state index >= 15 is 0 Å². The lowest BCUT2D eigenvalue weighted by molar-refractivity contribution is 0.186. The van der Waals surface area contributed by atoms with Gasteiger partial charge in [-0.05, 0) is 18.9 Å². The summed E-state index contributed by atoms with van der Waals surface area (Å²) in [7, 11) is 0. The van der Waals surface area contributed by atoms with Crippen LogP contribution in [0, 0.1) is 18.3 Å². The number of hydrogen-bond donors (Lipinski definition) is 0. The minimum absolute atomic E-state index is 0.397. The second kappa shape index (κ2) is 3.43. The molecule has 1 heterocycles. The maximum absolute atomic E-state index is 9.23. The Labute approximate surface area is 84.1 Å². The lowest BCUT2D eigenvalue weighted by atomic mass is 9.81. The van der Waals surface area contributed by atoms with Crippen molar-refractivity contribution in [2.45, 2.75) is 18.8 Å². The zero-order valence-electron chi connectivity index (χ0n) is 8.29. The molecular formula is C12H13NO. The Morgan fingerprint density at radius 3 is 2.93 bits per heavy atom. The van der Waals surface area contributed by atoms with Crippen molar-refractivity contribution in [2.75, 3.05) is 13.2 Å². The van der Waals surface area contributed by atoms with Gasteiger partial charge in [0.25, 0.3) is 0 Å². The van der Waals surface area contributed by atoms with Gasteiger partial charge in [-0.25, -0.2) is 0 Å². The molecule has 14 heavy (non-hydrogen) atoms. The van der Waals surface area contributed by atoms with Crippen LogP contribution in [0.2, 0.25) is 0 Å². The van der Waals surface area contributed by atoms with Gasteiger partial charge in [-0.3, -0.25) is 0 Å². The summed E-state index contributed by atoms with van der Waals surface area (Å²) in [5, 5.41) is 9.23. The highest BCUT2D eigenvalue weighted by molar-refractivity contribution is 5.36. The zero-order chi connectivity index (χ0) is 10.0. The largest absolute Gasteiger partial charge is 0.379 e. The first kappa shape index (κ1) is 9.23. The standard InChI is InChI=1S/C12H13NO/c1-10-3-2-4-11(7-10)12(8-13)5-6-14-9-12/h2-4,7H,5-6,9H2,1H3/t12-/m1/s1. The summed E-state index contributed by atoms with van der Waals surface area (Å²) in [5.41, 5.74) is 1.90. The molecule has 0 spiro atoms. The average molecular weight is 187 g/mol. The molecule has 2 nitrogen and oxygen atoms in total. The van der Waals surface area contributed by atoms with Crippen molar-refractivity contribution in [3.05, 3.63) is 35.4 Å². The van der Waals surface area contributed by atoms with E-state index in [-0.39, 0.29) is 0 Å². The van der Waals surface area contributed by atoms with E-state index in [1.807, 2.05) is 25.1 Å². The quantitative estimate of drug-likeness (QED) is 0.675. The fourth-order valence-electron chi connectivity index (χ4n) is 1.89. The SMILES string of the molecule is Cc1cccc([C@@]2(C#N)CCOC2)c1. The number of rotatable bonds is 1. The highest BCUT2D eigenvalue weighted by atomic mass is 16.5. The summed E-state index contributed by atoms with van der Waals surface area (Å²) in [6.07, 6.45) is 0.812. The van der Waals surface area contributed by atoms with Crippen LogP contribution in [0.5, 0.6) is 0 Å². The average Bonchev–Trinajstić information content (AvgIpc) is 2.67. The van der Waals surface area contributed by atoms with Crippen LogP contribution < -0.4 is 0 Å². The molecule has 1 fully saturated rings. The summed E-state index contributed by atoms with van der Waals surface area (Å²) in [6.45, 7) is 3.28. The van der Waals surface area contributed by atoms with Crippen LogP contribution in [0.15, 0.2) is 24.3 Å².